The normalized spacial score (nSPS) is 9.86. The Labute approximate surface area is 80.9 Å². The fraction of sp³-hybridized carbons (Fsp3) is 0. The molecule has 14 heavy (non-hydrogen) atoms. The van der Waals surface area contributed by atoms with Crippen LogP contribution < -0.4 is 5.73 Å². The van der Waals surface area contributed by atoms with Gasteiger partial charge in [0.15, 0.2) is 0 Å². The van der Waals surface area contributed by atoms with Crippen LogP contribution in [0.2, 0.25) is 0 Å². The molecule has 1 rings (SSSR count). The molecule has 0 heterocycles. The summed E-state index contributed by atoms with van der Waals surface area (Å²) >= 11 is 0. The van der Waals surface area contributed by atoms with E-state index in [1.54, 1.807) is 0 Å². The molecule has 0 saturated carbocycles. The lowest BCUT2D eigenvalue weighted by Crippen LogP contribution is -2.10. The zero-order chi connectivity index (χ0) is 11.2. The summed E-state index contributed by atoms with van der Waals surface area (Å²) in [6, 6.07) is 9.23. The first-order valence-electron chi connectivity index (χ1n) is 3.37. The molecule has 0 fully saturated rings. The molecule has 0 unspecified atom stereocenters. The summed E-state index contributed by atoms with van der Waals surface area (Å²) < 4.78 is 34.1. The van der Waals surface area contributed by atoms with Crippen molar-refractivity contribution in [3.63, 3.8) is 0 Å². The van der Waals surface area contributed by atoms with Crippen LogP contribution in [-0.2, 0) is 10.5 Å². The lowest BCUT2D eigenvalue weighted by Gasteiger charge is -1.93. The predicted octanol–water partition coefficient (Wildman–Crippen LogP) is 0.729. The Balaban J connectivity index is 0.000000292. The van der Waals surface area contributed by atoms with Crippen LogP contribution in [0.4, 0.5) is 3.89 Å². The quantitative estimate of drug-likeness (QED) is 0.281. The number of hydrogen-bond acceptors (Lipinski definition) is 3. The summed E-state index contributed by atoms with van der Waals surface area (Å²) in [5.41, 5.74) is 5.97. The van der Waals surface area contributed by atoms with Gasteiger partial charge in [-0.05, 0) is 0 Å². The van der Waals surface area contributed by atoms with Gasteiger partial charge in [-0.1, -0.05) is 34.2 Å². The zero-order valence-electron chi connectivity index (χ0n) is 7.01. The molecule has 0 aromatic heterocycles. The minimum atomic E-state index is -5.17. The number of amidine groups is 1. The lowest BCUT2D eigenvalue weighted by molar-refractivity contribution is 0.435. The number of halogens is 1. The molecular weight excluding hydrogens is 211 g/mol. The van der Waals surface area contributed by atoms with E-state index in [9.17, 15) is 3.89 Å². The number of benzene rings is 1. The first kappa shape index (κ1) is 12.5. The molecule has 78 valence electrons. The maximum Gasteiger partial charge on any atom is 0.435 e. The summed E-state index contributed by atoms with van der Waals surface area (Å²) in [6.45, 7) is 0. The maximum absolute atomic E-state index is 10.2. The molecule has 1 aromatic carbocycles. The number of hydrogen-bond donors (Lipinski definition) is 3. The molecule has 0 amide bonds. The third kappa shape index (κ3) is 8.62. The van der Waals surface area contributed by atoms with E-state index in [4.69, 9.17) is 24.1 Å². The molecular formula is C7H9FN2O3S. The largest absolute Gasteiger partial charge is 0.435 e. The number of nitrogens with two attached hydrogens (primary N) is 1. The minimum Gasteiger partial charge on any atom is -0.384 e. The minimum absolute atomic E-state index is 0.121. The van der Waals surface area contributed by atoms with Crippen LogP contribution in [0, 0.1) is 5.41 Å². The topological polar surface area (TPSA) is 104 Å². The van der Waals surface area contributed by atoms with Gasteiger partial charge in [0.2, 0.25) is 0 Å². The third-order valence-corrected chi connectivity index (χ3v) is 1.08. The molecule has 7 heteroatoms. The van der Waals surface area contributed by atoms with Crippen molar-refractivity contribution in [1.29, 1.82) is 5.41 Å². The van der Waals surface area contributed by atoms with Crippen molar-refractivity contribution in [1.82, 2.24) is 0 Å². The summed E-state index contributed by atoms with van der Waals surface area (Å²) in [6.07, 6.45) is 0. The Morgan fingerprint density at radius 1 is 1.36 bits per heavy atom. The monoisotopic (exact) mass is 220 g/mol. The van der Waals surface area contributed by atoms with E-state index in [0.717, 1.165) is 5.56 Å². The van der Waals surface area contributed by atoms with Gasteiger partial charge in [-0.3, -0.25) is 9.96 Å². The number of nitrogen functional groups attached to an aromatic ring is 1. The van der Waals surface area contributed by atoms with Crippen LogP contribution in [0.3, 0.4) is 0 Å². The van der Waals surface area contributed by atoms with Crippen molar-refractivity contribution in [2.75, 3.05) is 0 Å². The van der Waals surface area contributed by atoms with Crippen molar-refractivity contribution in [3.05, 3.63) is 35.9 Å². The Morgan fingerprint density at radius 2 is 1.71 bits per heavy atom. The summed E-state index contributed by atoms with van der Waals surface area (Å²) in [5, 5.41) is 7.01. The van der Waals surface area contributed by atoms with Crippen LogP contribution in [-0.4, -0.2) is 18.8 Å². The van der Waals surface area contributed by atoms with Crippen molar-refractivity contribution in [2.24, 2.45) is 5.73 Å². The highest BCUT2D eigenvalue weighted by molar-refractivity contribution is 7.80. The fourth-order valence-electron chi connectivity index (χ4n) is 0.618. The number of nitrogens with one attached hydrogen (secondary N) is 1. The molecule has 1 aromatic rings. The van der Waals surface area contributed by atoms with Crippen LogP contribution >= 0.6 is 0 Å². The molecule has 4 N–H and O–H groups in total. The van der Waals surface area contributed by atoms with Gasteiger partial charge in [-0.25, -0.2) is 0 Å². The first-order chi connectivity index (χ1) is 6.30. The van der Waals surface area contributed by atoms with Crippen LogP contribution in [0.15, 0.2) is 30.3 Å². The summed E-state index contributed by atoms with van der Waals surface area (Å²) in [4.78, 5) is 0. The summed E-state index contributed by atoms with van der Waals surface area (Å²) in [5.74, 6) is 0.121. The highest BCUT2D eigenvalue weighted by Gasteiger charge is 1.90. The predicted molar refractivity (Wildman–Crippen MR) is 50.1 cm³/mol. The molecule has 5 nitrogen and oxygen atoms in total. The van der Waals surface area contributed by atoms with Crippen LogP contribution in [0.5, 0.6) is 0 Å². The smallest absolute Gasteiger partial charge is 0.384 e. The van der Waals surface area contributed by atoms with Crippen molar-refractivity contribution >= 4 is 16.3 Å². The lowest BCUT2D eigenvalue weighted by atomic mass is 10.2. The second-order valence-corrected chi connectivity index (χ2v) is 3.02. The van der Waals surface area contributed by atoms with Gasteiger partial charge < -0.3 is 5.73 Å². The van der Waals surface area contributed by atoms with E-state index in [1.165, 1.54) is 0 Å². The second kappa shape index (κ2) is 5.30. The molecule has 0 aliphatic carbocycles. The van der Waals surface area contributed by atoms with Gasteiger partial charge in [0.1, 0.15) is 5.84 Å². The number of rotatable bonds is 1. The maximum atomic E-state index is 10.2. The SMILES string of the molecule is N=C(N)c1ccccc1.O=S(=O)(O)F. The fourth-order valence-corrected chi connectivity index (χ4v) is 0.618. The Hall–Kier alpha value is -1.47. The van der Waals surface area contributed by atoms with Gasteiger partial charge in [-0.15, -0.1) is 0 Å². The third-order valence-electron chi connectivity index (χ3n) is 1.08. The van der Waals surface area contributed by atoms with E-state index in [0.29, 0.717) is 0 Å². The molecule has 0 spiro atoms. The molecule has 0 radical (unpaired) electrons. The zero-order valence-corrected chi connectivity index (χ0v) is 7.83. The van der Waals surface area contributed by atoms with E-state index in [1.807, 2.05) is 30.3 Å². The van der Waals surface area contributed by atoms with E-state index >= 15 is 0 Å². The molecule has 0 saturated heterocycles. The second-order valence-electron chi connectivity index (χ2n) is 2.19. The Kier molecular flexibility index (Phi) is 4.74. The van der Waals surface area contributed by atoms with Crippen molar-refractivity contribution in [3.8, 4) is 0 Å². The Bertz CT molecular complexity index is 383. The van der Waals surface area contributed by atoms with Crippen LogP contribution in [0.1, 0.15) is 5.56 Å². The van der Waals surface area contributed by atoms with Gasteiger partial charge in [-0.2, -0.15) is 8.42 Å². The van der Waals surface area contributed by atoms with E-state index < -0.39 is 10.5 Å². The van der Waals surface area contributed by atoms with Crippen molar-refractivity contribution < 1.29 is 16.9 Å². The van der Waals surface area contributed by atoms with E-state index in [-0.39, 0.29) is 5.84 Å². The molecule has 0 atom stereocenters. The molecule has 0 bridgehead atoms. The van der Waals surface area contributed by atoms with Crippen LogP contribution in [0.25, 0.3) is 0 Å². The van der Waals surface area contributed by atoms with Gasteiger partial charge in [0.25, 0.3) is 0 Å². The highest BCUT2D eigenvalue weighted by Crippen LogP contribution is 1.94. The van der Waals surface area contributed by atoms with Gasteiger partial charge >= 0.3 is 10.5 Å². The molecule has 0 aliphatic rings. The Morgan fingerprint density at radius 3 is 1.93 bits per heavy atom. The highest BCUT2D eigenvalue weighted by atomic mass is 32.3. The first-order valence-corrected chi connectivity index (χ1v) is 4.71. The average Bonchev–Trinajstić information content (AvgIpc) is 2.03. The summed E-state index contributed by atoms with van der Waals surface area (Å²) in [7, 11) is -5.17. The standard InChI is InChI=1S/C7H8N2.FHO3S/c8-7(9)6-4-2-1-3-5-6;1-5(2,3)4/h1-5H,(H3,8,9);(H,2,3,4). The van der Waals surface area contributed by atoms with Gasteiger partial charge in [0.05, 0.1) is 0 Å². The van der Waals surface area contributed by atoms with Crippen molar-refractivity contribution in [2.45, 2.75) is 0 Å². The van der Waals surface area contributed by atoms with E-state index in [2.05, 4.69) is 0 Å². The van der Waals surface area contributed by atoms with Gasteiger partial charge in [0, 0.05) is 5.56 Å². The average molecular weight is 220 g/mol. The molecule has 0 aliphatic heterocycles.